The van der Waals surface area contributed by atoms with Crippen molar-refractivity contribution in [2.24, 2.45) is 5.92 Å². The second kappa shape index (κ2) is 6.28. The number of benzene rings is 1. The van der Waals surface area contributed by atoms with Crippen molar-refractivity contribution in [3.63, 3.8) is 0 Å². The number of carbonyl (C=O) groups excluding carboxylic acids is 2. The van der Waals surface area contributed by atoms with Gasteiger partial charge in [0.15, 0.2) is 0 Å². The first-order chi connectivity index (χ1) is 10.2. The summed E-state index contributed by atoms with van der Waals surface area (Å²) < 4.78 is 43.4. The number of esters is 1. The Bertz CT molecular complexity index is 598. The molecule has 0 aromatic heterocycles. The van der Waals surface area contributed by atoms with Crippen LogP contribution in [0.4, 0.5) is 13.2 Å². The average molecular weight is 335 g/mol. The van der Waals surface area contributed by atoms with E-state index in [9.17, 15) is 22.8 Å². The van der Waals surface area contributed by atoms with Gasteiger partial charge in [0.2, 0.25) is 0 Å². The van der Waals surface area contributed by atoms with Gasteiger partial charge in [-0.15, -0.1) is 0 Å². The number of ketones is 1. The summed E-state index contributed by atoms with van der Waals surface area (Å²) in [5.74, 6) is -1.83. The number of ether oxygens (including phenoxy) is 1. The zero-order valence-corrected chi connectivity index (χ0v) is 12.5. The van der Waals surface area contributed by atoms with Gasteiger partial charge in [0.25, 0.3) is 0 Å². The van der Waals surface area contributed by atoms with Crippen molar-refractivity contribution in [2.45, 2.75) is 31.4 Å². The monoisotopic (exact) mass is 334 g/mol. The van der Waals surface area contributed by atoms with E-state index >= 15 is 0 Å². The van der Waals surface area contributed by atoms with Crippen LogP contribution >= 0.6 is 11.6 Å². The maximum Gasteiger partial charge on any atom is 0.417 e. The summed E-state index contributed by atoms with van der Waals surface area (Å²) in [5, 5.41) is -0.413. The third-order valence-corrected chi connectivity index (χ3v) is 4.21. The number of methoxy groups -OCH3 is 1. The maximum absolute atomic E-state index is 12.9. The first-order valence-corrected chi connectivity index (χ1v) is 7.09. The molecule has 0 bridgehead atoms. The van der Waals surface area contributed by atoms with Crippen molar-refractivity contribution in [3.8, 4) is 0 Å². The third kappa shape index (κ3) is 3.43. The minimum atomic E-state index is -4.59. The van der Waals surface area contributed by atoms with Crippen LogP contribution in [-0.4, -0.2) is 18.9 Å². The fourth-order valence-electron chi connectivity index (χ4n) is 2.70. The smallest absolute Gasteiger partial charge is 0.417 e. The molecule has 0 heterocycles. The topological polar surface area (TPSA) is 43.4 Å². The van der Waals surface area contributed by atoms with Crippen LogP contribution in [0.5, 0.6) is 0 Å². The summed E-state index contributed by atoms with van der Waals surface area (Å²) in [5.41, 5.74) is -0.741. The molecule has 1 fully saturated rings. The Hall–Kier alpha value is -1.56. The molecular weight excluding hydrogens is 321 g/mol. The van der Waals surface area contributed by atoms with Crippen molar-refractivity contribution >= 4 is 23.4 Å². The molecule has 2 rings (SSSR count). The third-order valence-electron chi connectivity index (χ3n) is 3.88. The molecule has 0 saturated heterocycles. The van der Waals surface area contributed by atoms with E-state index < -0.39 is 34.6 Å². The molecular formula is C15H14ClF3O3. The maximum atomic E-state index is 12.9. The van der Waals surface area contributed by atoms with E-state index in [-0.39, 0.29) is 24.2 Å². The fourth-order valence-corrected chi connectivity index (χ4v) is 2.93. The van der Waals surface area contributed by atoms with Crippen LogP contribution < -0.4 is 0 Å². The van der Waals surface area contributed by atoms with Gasteiger partial charge in [-0.25, -0.2) is 0 Å². The minimum absolute atomic E-state index is 0.147. The molecule has 0 spiro atoms. The minimum Gasteiger partial charge on any atom is -0.469 e. The van der Waals surface area contributed by atoms with Gasteiger partial charge >= 0.3 is 12.1 Å². The number of Topliss-reactive ketones (excluding diaryl/α,β-unsaturated/α-hetero) is 1. The number of rotatable bonds is 2. The molecule has 2 unspecified atom stereocenters. The molecule has 1 saturated carbocycles. The molecule has 2 atom stereocenters. The Kier molecular flexibility index (Phi) is 4.80. The molecule has 0 amide bonds. The fraction of sp³-hybridized carbons (Fsp3) is 0.467. The molecule has 22 heavy (non-hydrogen) atoms. The first kappa shape index (κ1) is 16.8. The Morgan fingerprint density at radius 1 is 1.36 bits per heavy atom. The van der Waals surface area contributed by atoms with E-state index in [0.717, 1.165) is 12.1 Å². The van der Waals surface area contributed by atoms with Crippen LogP contribution in [0.3, 0.4) is 0 Å². The second-order valence-corrected chi connectivity index (χ2v) is 5.66. The number of carbonyl (C=O) groups is 2. The van der Waals surface area contributed by atoms with Gasteiger partial charge < -0.3 is 4.74 Å². The zero-order valence-electron chi connectivity index (χ0n) is 11.7. The Labute approximate surface area is 130 Å². The summed E-state index contributed by atoms with van der Waals surface area (Å²) in [4.78, 5) is 23.6. The highest BCUT2D eigenvalue weighted by atomic mass is 35.5. The predicted octanol–water partition coefficient (Wildman–Crippen LogP) is 3.98. The largest absolute Gasteiger partial charge is 0.469 e. The van der Waals surface area contributed by atoms with Gasteiger partial charge in [-0.05, 0) is 30.5 Å². The molecule has 0 N–H and O–H groups in total. The molecule has 1 aliphatic rings. The SMILES string of the molecule is COC(=O)C1CCC(=O)C(c2ccc(Cl)c(C(F)(F)F)c2)C1. The molecule has 0 aliphatic heterocycles. The van der Waals surface area contributed by atoms with Crippen LogP contribution in [0.25, 0.3) is 0 Å². The highest BCUT2D eigenvalue weighted by molar-refractivity contribution is 6.31. The first-order valence-electron chi connectivity index (χ1n) is 6.71. The molecule has 1 aromatic rings. The van der Waals surface area contributed by atoms with Crippen LogP contribution in [0.1, 0.15) is 36.3 Å². The van der Waals surface area contributed by atoms with E-state index in [4.69, 9.17) is 11.6 Å². The standard InChI is InChI=1S/C15H14ClF3O3/c1-22-14(21)9-3-5-13(20)10(6-9)8-2-4-12(16)11(7-8)15(17,18)19/h2,4,7,9-10H,3,5-6H2,1H3. The van der Waals surface area contributed by atoms with E-state index in [0.29, 0.717) is 6.42 Å². The summed E-state index contributed by atoms with van der Waals surface area (Å²) in [6, 6.07) is 3.43. The highest BCUT2D eigenvalue weighted by Crippen LogP contribution is 2.39. The number of halogens is 4. The summed E-state index contributed by atoms with van der Waals surface area (Å²) >= 11 is 5.58. The lowest BCUT2D eigenvalue weighted by molar-refractivity contribution is -0.147. The van der Waals surface area contributed by atoms with Gasteiger partial charge in [-0.2, -0.15) is 13.2 Å². The van der Waals surface area contributed by atoms with Crippen LogP contribution in [0.2, 0.25) is 5.02 Å². The molecule has 1 aromatic carbocycles. The van der Waals surface area contributed by atoms with Crippen molar-refractivity contribution in [2.75, 3.05) is 7.11 Å². The van der Waals surface area contributed by atoms with Crippen molar-refractivity contribution in [1.82, 2.24) is 0 Å². The molecule has 7 heteroatoms. The number of alkyl halides is 3. The van der Waals surface area contributed by atoms with Gasteiger partial charge in [0.05, 0.1) is 23.6 Å². The molecule has 1 aliphatic carbocycles. The highest BCUT2D eigenvalue weighted by Gasteiger charge is 2.37. The van der Waals surface area contributed by atoms with E-state index in [2.05, 4.69) is 4.74 Å². The van der Waals surface area contributed by atoms with E-state index in [1.54, 1.807) is 0 Å². The molecule has 0 radical (unpaired) electrons. The lowest BCUT2D eigenvalue weighted by Crippen LogP contribution is -2.29. The lowest BCUT2D eigenvalue weighted by atomic mass is 9.77. The molecule has 3 nitrogen and oxygen atoms in total. The van der Waals surface area contributed by atoms with E-state index in [1.165, 1.54) is 13.2 Å². The van der Waals surface area contributed by atoms with Crippen LogP contribution in [0.15, 0.2) is 18.2 Å². The second-order valence-electron chi connectivity index (χ2n) is 5.25. The summed E-state index contributed by atoms with van der Waals surface area (Å²) in [6.07, 6.45) is -3.92. The number of hydrogen-bond donors (Lipinski definition) is 0. The number of hydrogen-bond acceptors (Lipinski definition) is 3. The van der Waals surface area contributed by atoms with Gasteiger partial charge in [-0.1, -0.05) is 17.7 Å². The predicted molar refractivity (Wildman–Crippen MR) is 73.6 cm³/mol. The lowest BCUT2D eigenvalue weighted by Gasteiger charge is -2.27. The van der Waals surface area contributed by atoms with Crippen LogP contribution in [-0.2, 0) is 20.5 Å². The summed E-state index contributed by atoms with van der Waals surface area (Å²) in [7, 11) is 1.25. The van der Waals surface area contributed by atoms with Crippen LogP contribution in [0, 0.1) is 5.92 Å². The van der Waals surface area contributed by atoms with E-state index in [1.807, 2.05) is 0 Å². The van der Waals surface area contributed by atoms with Gasteiger partial charge in [0.1, 0.15) is 5.78 Å². The average Bonchev–Trinajstić information content (AvgIpc) is 2.46. The zero-order chi connectivity index (χ0) is 16.5. The Morgan fingerprint density at radius 3 is 2.64 bits per heavy atom. The Morgan fingerprint density at radius 2 is 2.05 bits per heavy atom. The summed E-state index contributed by atoms with van der Waals surface area (Å²) in [6.45, 7) is 0. The van der Waals surface area contributed by atoms with Gasteiger partial charge in [-0.3, -0.25) is 9.59 Å². The Balaban J connectivity index is 2.33. The molecule has 120 valence electrons. The van der Waals surface area contributed by atoms with Crippen molar-refractivity contribution < 1.29 is 27.5 Å². The van der Waals surface area contributed by atoms with Crippen molar-refractivity contribution in [3.05, 3.63) is 34.3 Å². The quantitative estimate of drug-likeness (QED) is 0.768. The normalized spacial score (nSPS) is 22.5. The van der Waals surface area contributed by atoms with Gasteiger partial charge in [0, 0.05) is 12.3 Å². The van der Waals surface area contributed by atoms with Crippen molar-refractivity contribution in [1.29, 1.82) is 0 Å².